The number of rotatable bonds is 20. The zero-order valence-corrected chi connectivity index (χ0v) is 39.0. The van der Waals surface area contributed by atoms with Crippen molar-refractivity contribution in [3.05, 3.63) is 59.8 Å². The molecule has 2 aromatic heterocycles. The Labute approximate surface area is 394 Å². The van der Waals surface area contributed by atoms with Gasteiger partial charge in [-0.15, -0.1) is 0 Å². The van der Waals surface area contributed by atoms with Gasteiger partial charge in [0, 0.05) is 82.9 Å². The molecular weight excluding hydrogens is 899 g/mol. The zero-order chi connectivity index (χ0) is 47.8. The predicted molar refractivity (Wildman–Crippen MR) is 249 cm³/mol. The summed E-state index contributed by atoms with van der Waals surface area (Å²) in [5, 5.41) is 27.4. The number of aromatic nitrogens is 4. The quantitative estimate of drug-likeness (QED) is 0.0630. The number of ether oxygens (including phenoxy) is 2. The Morgan fingerprint density at radius 3 is 2.31 bits per heavy atom. The number of fused-ring (bicyclic) bond motifs is 2. The molecule has 2 aromatic carbocycles. The molecule has 0 spiro atoms. The lowest BCUT2D eigenvalue weighted by Gasteiger charge is -2.34. The normalized spacial score (nSPS) is 20.2. The second-order valence-electron chi connectivity index (χ2n) is 17.3. The van der Waals surface area contributed by atoms with Crippen LogP contribution in [0, 0.1) is 0 Å². The van der Waals surface area contributed by atoms with Crippen LogP contribution in [0.4, 0.5) is 16.4 Å². The number of carbonyl (C=O) groups excluding carboxylic acids is 5. The summed E-state index contributed by atoms with van der Waals surface area (Å²) in [6, 6.07) is 10.3. The van der Waals surface area contributed by atoms with Crippen molar-refractivity contribution in [2.75, 3.05) is 82.9 Å². The minimum absolute atomic E-state index is 0.0444. The number of anilines is 2. The Balaban J connectivity index is 0.729. The molecule has 2 saturated heterocycles. The molecule has 22 heteroatoms. The van der Waals surface area contributed by atoms with Crippen molar-refractivity contribution in [1.82, 2.24) is 44.5 Å². The van der Waals surface area contributed by atoms with Gasteiger partial charge in [-0.2, -0.15) is 14.4 Å². The fourth-order valence-electron chi connectivity index (χ4n) is 8.95. The molecule has 1 unspecified atom stereocenters. The van der Waals surface area contributed by atoms with Crippen molar-refractivity contribution in [1.29, 1.82) is 0 Å². The minimum atomic E-state index is -3.84. The van der Waals surface area contributed by atoms with Crippen LogP contribution in [0.25, 0.3) is 22.3 Å². The molecule has 0 radical (unpaired) electrons. The van der Waals surface area contributed by atoms with Crippen molar-refractivity contribution in [2.45, 2.75) is 87.8 Å². The smallest absolute Gasteiger partial charge is 0.317 e. The van der Waals surface area contributed by atoms with Crippen LogP contribution in [0.3, 0.4) is 0 Å². The van der Waals surface area contributed by atoms with E-state index >= 15 is 0 Å². The van der Waals surface area contributed by atoms with E-state index in [9.17, 15) is 37.5 Å². The third-order valence-electron chi connectivity index (χ3n) is 12.7. The number of benzene rings is 2. The van der Waals surface area contributed by atoms with Gasteiger partial charge in [0.2, 0.25) is 27.8 Å². The van der Waals surface area contributed by atoms with Gasteiger partial charge in [-0.25, -0.2) is 22.9 Å². The molecule has 21 nitrogen and oxygen atoms in total. The van der Waals surface area contributed by atoms with Gasteiger partial charge < -0.3 is 35.4 Å². The minimum Gasteiger partial charge on any atom is -0.393 e. The number of imide groups is 2. The summed E-state index contributed by atoms with van der Waals surface area (Å²) in [5.41, 5.74) is 2.93. The Bertz CT molecular complexity index is 2590. The highest BCUT2D eigenvalue weighted by molar-refractivity contribution is 7.89. The number of sulfonamides is 1. The van der Waals surface area contributed by atoms with Crippen LogP contribution in [0.5, 0.6) is 0 Å². The Hall–Kier alpha value is -6.07. The molecule has 0 bridgehead atoms. The summed E-state index contributed by atoms with van der Waals surface area (Å²) >= 11 is 0. The highest BCUT2D eigenvalue weighted by atomic mass is 32.2. The Morgan fingerprint density at radius 2 is 1.59 bits per heavy atom. The number of aliphatic hydroxyl groups excluding tert-OH is 1. The van der Waals surface area contributed by atoms with E-state index < -0.39 is 39.7 Å². The molecule has 68 heavy (non-hydrogen) atoms. The number of hydrogen-bond acceptors (Lipinski definition) is 15. The molecule has 1 aliphatic carbocycles. The van der Waals surface area contributed by atoms with Crippen molar-refractivity contribution < 1.29 is 47.0 Å². The Kier molecular flexibility index (Phi) is 15.6. The summed E-state index contributed by atoms with van der Waals surface area (Å²) in [5.74, 6) is -1.72. The molecule has 5 heterocycles. The van der Waals surface area contributed by atoms with Gasteiger partial charge in [-0.3, -0.25) is 29.4 Å². The number of hydrogen-bond donors (Lipinski definition) is 5. The first-order chi connectivity index (χ1) is 32.9. The number of carbonyl (C=O) groups is 5. The lowest BCUT2D eigenvalue weighted by atomic mass is 9.93. The van der Waals surface area contributed by atoms with Gasteiger partial charge in [-0.05, 0) is 69.2 Å². The van der Waals surface area contributed by atoms with Crippen LogP contribution in [0.2, 0.25) is 0 Å². The summed E-state index contributed by atoms with van der Waals surface area (Å²) in [6.07, 6.45) is 7.13. The van der Waals surface area contributed by atoms with E-state index in [1.165, 1.54) is 10.4 Å². The predicted octanol–water partition coefficient (Wildman–Crippen LogP) is 3.13. The number of nitrogens with one attached hydrogen (secondary N) is 4. The lowest BCUT2D eigenvalue weighted by molar-refractivity contribution is -0.136. The van der Waals surface area contributed by atoms with Gasteiger partial charge in [0.05, 0.1) is 46.8 Å². The van der Waals surface area contributed by atoms with Crippen molar-refractivity contribution in [2.24, 2.45) is 0 Å². The maximum atomic E-state index is 13.7. The van der Waals surface area contributed by atoms with Gasteiger partial charge in [0.1, 0.15) is 11.7 Å². The van der Waals surface area contributed by atoms with Crippen LogP contribution in [0.15, 0.2) is 53.6 Å². The molecule has 4 aliphatic rings. The standard InChI is InChI=1S/C46H59N11O10S/c1-2-3-18-48-45-50-29-35-40(53-57(41(35)52-45)31-10-12-32(58)13-11-31)30-8-14-33(15-9-30)68(64,65)55-23-21-54(22-24-55)46(63)49-20-28-67-26-5-25-66-27-19-47-36-7-4-6-34-39(36)44(62)56(43(34)61)37-16-17-38(59)51-42(37)60/h4,6-9,14-15,29,31-32,37,47,58H,2-3,5,10-13,16-28H2,1H3,(H,49,63)(H,48,50,52)(H,51,59,60)/t31-,32-,37?. The van der Waals surface area contributed by atoms with Gasteiger partial charge in [-0.1, -0.05) is 31.5 Å². The molecule has 5 N–H and O–H groups in total. The fourth-order valence-corrected chi connectivity index (χ4v) is 10.4. The highest BCUT2D eigenvalue weighted by Gasteiger charge is 2.45. The third-order valence-corrected chi connectivity index (χ3v) is 14.6. The summed E-state index contributed by atoms with van der Waals surface area (Å²) in [4.78, 5) is 75.3. The molecule has 364 valence electrons. The summed E-state index contributed by atoms with van der Waals surface area (Å²) in [6.45, 7) is 5.67. The van der Waals surface area contributed by atoms with Crippen LogP contribution in [-0.2, 0) is 29.1 Å². The number of amides is 6. The molecule has 8 rings (SSSR count). The number of piperazine rings is 1. The number of aliphatic hydroxyl groups is 1. The SMILES string of the molecule is CCCCNc1ncc2c(-c3ccc(S(=O)(=O)N4CCN(C(=O)NCCOCCCOCCNc5cccc6c5C(=O)N(C5CCC(=O)NC5=O)C6=O)CC4)cc3)nn([C@H]3CC[C@H](O)CC3)c2n1. The zero-order valence-electron chi connectivity index (χ0n) is 38.2. The second kappa shape index (κ2) is 21.9. The molecule has 3 aliphatic heterocycles. The van der Waals surface area contributed by atoms with Gasteiger partial charge >= 0.3 is 6.03 Å². The van der Waals surface area contributed by atoms with E-state index in [1.807, 2.05) is 4.68 Å². The largest absolute Gasteiger partial charge is 0.393 e. The van der Waals surface area contributed by atoms with Crippen molar-refractivity contribution in [3.63, 3.8) is 0 Å². The molecule has 4 aromatic rings. The number of piperidine rings is 1. The third kappa shape index (κ3) is 10.8. The van der Waals surface area contributed by atoms with Gasteiger partial charge in [0.25, 0.3) is 11.8 Å². The molecule has 1 saturated carbocycles. The second-order valence-corrected chi connectivity index (χ2v) is 19.2. The first-order valence-corrected chi connectivity index (χ1v) is 24.9. The maximum Gasteiger partial charge on any atom is 0.317 e. The summed E-state index contributed by atoms with van der Waals surface area (Å²) in [7, 11) is -3.84. The van der Waals surface area contributed by atoms with Crippen molar-refractivity contribution in [3.8, 4) is 11.3 Å². The van der Waals surface area contributed by atoms with Crippen LogP contribution >= 0.6 is 0 Å². The highest BCUT2D eigenvalue weighted by Crippen LogP contribution is 2.36. The average Bonchev–Trinajstić information content (AvgIpc) is 3.84. The Morgan fingerprint density at radius 1 is 0.853 bits per heavy atom. The van der Waals surface area contributed by atoms with E-state index in [1.54, 1.807) is 47.5 Å². The first kappa shape index (κ1) is 48.4. The molecule has 6 amide bonds. The van der Waals surface area contributed by atoms with E-state index in [4.69, 9.17) is 19.6 Å². The van der Waals surface area contributed by atoms with Crippen LogP contribution in [-0.4, -0.2) is 161 Å². The number of nitrogens with zero attached hydrogens (tertiary/aromatic N) is 7. The molecule has 3 fully saturated rings. The number of urea groups is 1. The van der Waals surface area contributed by atoms with E-state index in [2.05, 4.69) is 33.2 Å². The molecular formula is C46H59N11O10S. The van der Waals surface area contributed by atoms with Gasteiger partial charge in [0.15, 0.2) is 5.65 Å². The topological polar surface area (TPSA) is 260 Å². The fraction of sp³-hybridized carbons (Fsp3) is 0.522. The van der Waals surface area contributed by atoms with E-state index in [0.29, 0.717) is 68.6 Å². The molecule has 1 atom stereocenters. The van der Waals surface area contributed by atoms with Crippen molar-refractivity contribution >= 4 is 62.4 Å². The summed E-state index contributed by atoms with van der Waals surface area (Å²) < 4.78 is 42.2. The average molecular weight is 958 g/mol. The monoisotopic (exact) mass is 957 g/mol. The van der Waals surface area contributed by atoms with E-state index in [-0.39, 0.29) is 86.4 Å². The van der Waals surface area contributed by atoms with E-state index in [0.717, 1.165) is 48.1 Å². The maximum absolute atomic E-state index is 13.7. The first-order valence-electron chi connectivity index (χ1n) is 23.5. The number of unbranched alkanes of at least 4 members (excludes halogenated alkanes) is 1. The van der Waals surface area contributed by atoms with Crippen LogP contribution < -0.4 is 21.3 Å². The lowest BCUT2D eigenvalue weighted by Crippen LogP contribution is -2.54. The van der Waals surface area contributed by atoms with Crippen LogP contribution in [0.1, 0.15) is 91.5 Å².